The molecule has 0 spiro atoms. The second kappa shape index (κ2) is 15.3. The highest BCUT2D eigenvalue weighted by Gasteiger charge is 2.18. The van der Waals surface area contributed by atoms with E-state index in [9.17, 15) is 0 Å². The van der Waals surface area contributed by atoms with Crippen LogP contribution in [-0.4, -0.2) is 11.5 Å². The molecule has 0 nitrogen and oxygen atoms in total. The van der Waals surface area contributed by atoms with Crippen molar-refractivity contribution in [3.05, 3.63) is 60.7 Å². The van der Waals surface area contributed by atoms with Gasteiger partial charge in [-0.05, 0) is 24.0 Å². The standard InChI is InChI=1S/C25H41ClS/c1-4-7-8-9-10-11-12-13-14-15-16-24-17-19-25(20-18-24)23-27(26,21-5-2)22-6-3/h5-6,17-20H,2-4,7-16,21-23H2,1H3. The highest BCUT2D eigenvalue weighted by molar-refractivity contribution is 8.50. The second-order valence-corrected chi connectivity index (χ2v) is 12.5. The van der Waals surface area contributed by atoms with E-state index in [4.69, 9.17) is 10.7 Å². The summed E-state index contributed by atoms with van der Waals surface area (Å²) in [6.45, 7) is 10.0. The quantitative estimate of drug-likeness (QED) is 0.178. The SMILES string of the molecule is C=CCS(Cl)(CC=C)Cc1ccc(CCCCCCCCCCCC)cc1. The van der Waals surface area contributed by atoms with Gasteiger partial charge >= 0.3 is 0 Å². The zero-order chi connectivity index (χ0) is 19.8. The van der Waals surface area contributed by atoms with Crippen LogP contribution in [0.3, 0.4) is 0 Å². The van der Waals surface area contributed by atoms with E-state index >= 15 is 0 Å². The van der Waals surface area contributed by atoms with Crippen molar-refractivity contribution in [1.82, 2.24) is 0 Å². The molecule has 0 amide bonds. The number of rotatable bonds is 17. The van der Waals surface area contributed by atoms with Crippen LogP contribution in [0.15, 0.2) is 49.6 Å². The van der Waals surface area contributed by atoms with Crippen LogP contribution in [0.2, 0.25) is 0 Å². The van der Waals surface area contributed by atoms with E-state index in [1.165, 1.54) is 81.8 Å². The van der Waals surface area contributed by atoms with Gasteiger partial charge in [0.05, 0.1) is 0 Å². The molecule has 0 fully saturated rings. The molecule has 1 aromatic rings. The molecule has 0 bridgehead atoms. The Kier molecular flexibility index (Phi) is 13.8. The Morgan fingerprint density at radius 1 is 0.741 bits per heavy atom. The number of benzene rings is 1. The minimum absolute atomic E-state index is 0.890. The zero-order valence-electron chi connectivity index (χ0n) is 17.6. The zero-order valence-corrected chi connectivity index (χ0v) is 19.1. The van der Waals surface area contributed by atoms with Gasteiger partial charge in [0, 0.05) is 17.3 Å². The van der Waals surface area contributed by atoms with Crippen LogP contribution in [0.5, 0.6) is 0 Å². The summed E-state index contributed by atoms with van der Waals surface area (Å²) >= 11 is 0. The molecule has 1 aromatic carbocycles. The average Bonchev–Trinajstić information content (AvgIpc) is 2.65. The fourth-order valence-electron chi connectivity index (χ4n) is 3.53. The van der Waals surface area contributed by atoms with Gasteiger partial charge in [-0.1, -0.05) is 112 Å². The fourth-order valence-corrected chi connectivity index (χ4v) is 6.44. The van der Waals surface area contributed by atoms with Crippen molar-refractivity contribution < 1.29 is 0 Å². The Labute approximate surface area is 175 Å². The smallest absolute Gasteiger partial charge is 0.0157 e. The van der Waals surface area contributed by atoms with Crippen molar-refractivity contribution in [2.45, 2.75) is 83.3 Å². The van der Waals surface area contributed by atoms with Crippen LogP contribution in [0, 0.1) is 0 Å². The fraction of sp³-hybridized carbons (Fsp3) is 0.600. The summed E-state index contributed by atoms with van der Waals surface area (Å²) in [4.78, 5) is 0. The molecule has 2 heteroatoms. The van der Waals surface area contributed by atoms with Crippen molar-refractivity contribution in [1.29, 1.82) is 0 Å². The monoisotopic (exact) mass is 408 g/mol. The predicted molar refractivity (Wildman–Crippen MR) is 129 cm³/mol. The first-order valence-corrected chi connectivity index (χ1v) is 13.9. The molecule has 0 aliphatic rings. The van der Waals surface area contributed by atoms with Crippen LogP contribution in [0.1, 0.15) is 82.3 Å². The molecule has 27 heavy (non-hydrogen) atoms. The van der Waals surface area contributed by atoms with E-state index in [0.717, 1.165) is 17.3 Å². The average molecular weight is 409 g/mol. The maximum absolute atomic E-state index is 6.83. The number of aryl methyl sites for hydroxylation is 1. The molecular formula is C25H41ClS. The summed E-state index contributed by atoms with van der Waals surface area (Å²) in [6, 6.07) is 9.12. The maximum atomic E-state index is 6.83. The van der Waals surface area contributed by atoms with E-state index in [-0.39, 0.29) is 0 Å². The number of unbranched alkanes of at least 4 members (excludes halogenated alkanes) is 9. The molecular weight excluding hydrogens is 368 g/mol. The lowest BCUT2D eigenvalue weighted by Crippen LogP contribution is -2.03. The summed E-state index contributed by atoms with van der Waals surface area (Å²) in [5.41, 5.74) is 2.80. The van der Waals surface area contributed by atoms with Gasteiger partial charge in [0.1, 0.15) is 0 Å². The van der Waals surface area contributed by atoms with Crippen molar-refractivity contribution in [2.75, 3.05) is 11.5 Å². The molecule has 0 aliphatic heterocycles. The van der Waals surface area contributed by atoms with Crippen molar-refractivity contribution in [3.8, 4) is 0 Å². The third-order valence-corrected chi connectivity index (χ3v) is 8.70. The first kappa shape index (κ1) is 24.4. The van der Waals surface area contributed by atoms with Gasteiger partial charge in [-0.25, -0.2) is 0 Å². The number of halogens is 1. The molecule has 154 valence electrons. The van der Waals surface area contributed by atoms with Gasteiger partial charge in [0.25, 0.3) is 0 Å². The van der Waals surface area contributed by atoms with Crippen molar-refractivity contribution in [2.24, 2.45) is 0 Å². The first-order valence-electron chi connectivity index (χ1n) is 10.9. The molecule has 0 atom stereocenters. The highest BCUT2D eigenvalue weighted by Crippen LogP contribution is 2.55. The van der Waals surface area contributed by atoms with Crippen LogP contribution >= 0.6 is 19.9 Å². The minimum Gasteiger partial charge on any atom is -0.152 e. The molecule has 1 rings (SSSR count). The van der Waals surface area contributed by atoms with E-state index in [1.54, 1.807) is 0 Å². The highest BCUT2D eigenvalue weighted by atomic mass is 35.7. The van der Waals surface area contributed by atoms with Gasteiger partial charge in [-0.3, -0.25) is 0 Å². The third-order valence-electron chi connectivity index (χ3n) is 5.10. The largest absolute Gasteiger partial charge is 0.152 e. The third kappa shape index (κ3) is 11.7. The normalized spacial score (nSPS) is 12.1. The van der Waals surface area contributed by atoms with Crippen molar-refractivity contribution in [3.63, 3.8) is 0 Å². The molecule has 0 saturated carbocycles. The lowest BCUT2D eigenvalue weighted by atomic mass is 10.0. The van der Waals surface area contributed by atoms with Gasteiger partial charge < -0.3 is 0 Å². The summed E-state index contributed by atoms with van der Waals surface area (Å²) < 4.78 is 0. The van der Waals surface area contributed by atoms with Gasteiger partial charge in [0.2, 0.25) is 0 Å². The summed E-state index contributed by atoms with van der Waals surface area (Å²) in [5, 5.41) is 0. The topological polar surface area (TPSA) is 0 Å². The van der Waals surface area contributed by atoms with Gasteiger partial charge in [0.15, 0.2) is 0 Å². The van der Waals surface area contributed by atoms with Crippen LogP contribution in [0.4, 0.5) is 0 Å². The van der Waals surface area contributed by atoms with Crippen LogP contribution in [0.25, 0.3) is 0 Å². The maximum Gasteiger partial charge on any atom is 0.0157 e. The number of hydrogen-bond acceptors (Lipinski definition) is 0. The summed E-state index contributed by atoms with van der Waals surface area (Å²) in [6.07, 6.45) is 19.1. The van der Waals surface area contributed by atoms with E-state index in [2.05, 4.69) is 44.3 Å². The van der Waals surface area contributed by atoms with Gasteiger partial charge in [-0.2, -0.15) is 9.24 Å². The summed E-state index contributed by atoms with van der Waals surface area (Å²) in [7, 11) is 5.63. The molecule has 0 heterocycles. The Morgan fingerprint density at radius 3 is 1.67 bits per heavy atom. The van der Waals surface area contributed by atoms with Crippen LogP contribution < -0.4 is 0 Å². The number of hydrogen-bond donors (Lipinski definition) is 0. The van der Waals surface area contributed by atoms with Crippen molar-refractivity contribution >= 4 is 19.9 Å². The molecule has 0 unspecified atom stereocenters. The Bertz CT molecular complexity index is 496. The van der Waals surface area contributed by atoms with E-state index in [0.29, 0.717) is 0 Å². The Morgan fingerprint density at radius 2 is 1.19 bits per heavy atom. The molecule has 0 aliphatic carbocycles. The second-order valence-electron chi connectivity index (χ2n) is 7.74. The molecule has 0 aromatic heterocycles. The van der Waals surface area contributed by atoms with E-state index < -0.39 is 9.24 Å². The summed E-state index contributed by atoms with van der Waals surface area (Å²) in [5.74, 6) is 2.73. The molecule has 0 radical (unpaired) electrons. The minimum atomic E-state index is -1.21. The predicted octanol–water partition coefficient (Wildman–Crippen LogP) is 8.98. The first-order chi connectivity index (χ1) is 13.1. The van der Waals surface area contributed by atoms with Crippen LogP contribution in [-0.2, 0) is 12.2 Å². The lowest BCUT2D eigenvalue weighted by Gasteiger charge is -2.30. The Hall–Kier alpha value is -0.660. The molecule has 0 N–H and O–H groups in total. The van der Waals surface area contributed by atoms with E-state index in [1.807, 2.05) is 12.2 Å². The Balaban J connectivity index is 2.21. The van der Waals surface area contributed by atoms with Gasteiger partial charge in [-0.15, -0.1) is 13.2 Å². The lowest BCUT2D eigenvalue weighted by molar-refractivity contribution is 0.556. The molecule has 0 saturated heterocycles.